The SMILES string of the molecule is CCc1nnc(N2CCN(Cc3ccccc3)C[C@H]2C)nc1CC. The van der Waals surface area contributed by atoms with E-state index in [-0.39, 0.29) is 0 Å². The van der Waals surface area contributed by atoms with Gasteiger partial charge in [-0.3, -0.25) is 4.90 Å². The van der Waals surface area contributed by atoms with Crippen LogP contribution in [0, 0.1) is 0 Å². The van der Waals surface area contributed by atoms with Crippen LogP contribution >= 0.6 is 0 Å². The van der Waals surface area contributed by atoms with E-state index in [1.165, 1.54) is 5.56 Å². The topological polar surface area (TPSA) is 45.2 Å². The fraction of sp³-hybridized carbons (Fsp3) is 0.526. The number of anilines is 1. The number of hydrogen-bond acceptors (Lipinski definition) is 5. The van der Waals surface area contributed by atoms with Crippen LogP contribution in [0.3, 0.4) is 0 Å². The Balaban J connectivity index is 1.67. The lowest BCUT2D eigenvalue weighted by molar-refractivity contribution is 0.219. The maximum atomic E-state index is 4.78. The summed E-state index contributed by atoms with van der Waals surface area (Å²) in [5, 5.41) is 8.78. The highest BCUT2D eigenvalue weighted by Crippen LogP contribution is 2.19. The molecule has 0 unspecified atom stereocenters. The van der Waals surface area contributed by atoms with E-state index in [4.69, 9.17) is 4.98 Å². The summed E-state index contributed by atoms with van der Waals surface area (Å²) in [7, 11) is 0. The van der Waals surface area contributed by atoms with Crippen LogP contribution in [-0.4, -0.2) is 45.8 Å². The first-order chi connectivity index (χ1) is 11.7. The van der Waals surface area contributed by atoms with Crippen LogP contribution in [0.15, 0.2) is 30.3 Å². The summed E-state index contributed by atoms with van der Waals surface area (Å²) in [5.74, 6) is 0.788. The lowest BCUT2D eigenvalue weighted by Crippen LogP contribution is -2.52. The highest BCUT2D eigenvalue weighted by atomic mass is 15.4. The molecule has 0 saturated carbocycles. The van der Waals surface area contributed by atoms with E-state index in [2.05, 4.69) is 71.1 Å². The summed E-state index contributed by atoms with van der Waals surface area (Å²) < 4.78 is 0. The van der Waals surface area contributed by atoms with Crippen LogP contribution in [0.1, 0.15) is 37.7 Å². The Kier molecular flexibility index (Phi) is 5.41. The van der Waals surface area contributed by atoms with Crippen molar-refractivity contribution in [2.24, 2.45) is 0 Å². The quantitative estimate of drug-likeness (QED) is 0.846. The Hall–Kier alpha value is -2.01. The molecular formula is C19H27N5. The molecule has 2 heterocycles. The van der Waals surface area contributed by atoms with E-state index < -0.39 is 0 Å². The Labute approximate surface area is 144 Å². The van der Waals surface area contributed by atoms with Gasteiger partial charge >= 0.3 is 0 Å². The first kappa shape index (κ1) is 16.8. The Bertz CT molecular complexity index is 658. The van der Waals surface area contributed by atoms with Crippen LogP contribution in [-0.2, 0) is 19.4 Å². The van der Waals surface area contributed by atoms with E-state index in [0.29, 0.717) is 6.04 Å². The van der Waals surface area contributed by atoms with E-state index in [9.17, 15) is 0 Å². The predicted molar refractivity (Wildman–Crippen MR) is 97.1 cm³/mol. The van der Waals surface area contributed by atoms with E-state index in [1.54, 1.807) is 0 Å². The zero-order valence-corrected chi connectivity index (χ0v) is 14.9. The molecule has 0 N–H and O–H groups in total. The first-order valence-corrected chi connectivity index (χ1v) is 8.96. The Morgan fingerprint density at radius 2 is 1.75 bits per heavy atom. The second-order valence-electron chi connectivity index (χ2n) is 6.48. The van der Waals surface area contributed by atoms with Crippen LogP contribution < -0.4 is 4.90 Å². The minimum Gasteiger partial charge on any atom is -0.334 e. The fourth-order valence-corrected chi connectivity index (χ4v) is 3.37. The van der Waals surface area contributed by atoms with Crippen LogP contribution in [0.25, 0.3) is 0 Å². The summed E-state index contributed by atoms with van der Waals surface area (Å²) in [6.45, 7) is 10.5. The summed E-state index contributed by atoms with van der Waals surface area (Å²) in [5.41, 5.74) is 3.48. The lowest BCUT2D eigenvalue weighted by Gasteiger charge is -2.39. The highest BCUT2D eigenvalue weighted by Gasteiger charge is 2.26. The molecule has 2 aromatic rings. The molecule has 0 amide bonds. The highest BCUT2D eigenvalue weighted by molar-refractivity contribution is 5.33. The van der Waals surface area contributed by atoms with E-state index in [1.807, 2.05) is 0 Å². The van der Waals surface area contributed by atoms with Crippen molar-refractivity contribution >= 4 is 5.95 Å². The van der Waals surface area contributed by atoms with Gasteiger partial charge in [0.15, 0.2) is 0 Å². The number of nitrogens with zero attached hydrogens (tertiary/aromatic N) is 5. The molecule has 1 aliphatic heterocycles. The van der Waals surface area contributed by atoms with Crippen molar-refractivity contribution in [2.75, 3.05) is 24.5 Å². The zero-order chi connectivity index (χ0) is 16.9. The molecule has 3 rings (SSSR count). The van der Waals surface area contributed by atoms with Crippen molar-refractivity contribution in [2.45, 2.75) is 46.2 Å². The summed E-state index contributed by atoms with van der Waals surface area (Å²) in [4.78, 5) is 9.58. The molecule has 5 heteroatoms. The fourth-order valence-electron chi connectivity index (χ4n) is 3.37. The van der Waals surface area contributed by atoms with Gasteiger partial charge < -0.3 is 4.90 Å². The van der Waals surface area contributed by atoms with Crippen molar-refractivity contribution in [3.05, 3.63) is 47.3 Å². The average molecular weight is 325 g/mol. The van der Waals surface area contributed by atoms with Gasteiger partial charge in [0.1, 0.15) is 0 Å². The summed E-state index contributed by atoms with van der Waals surface area (Å²) in [6.07, 6.45) is 1.80. The van der Waals surface area contributed by atoms with Crippen molar-refractivity contribution in [1.29, 1.82) is 0 Å². The number of aryl methyl sites for hydroxylation is 2. The summed E-state index contributed by atoms with van der Waals surface area (Å²) in [6, 6.07) is 11.1. The molecule has 0 radical (unpaired) electrons. The van der Waals surface area contributed by atoms with Crippen molar-refractivity contribution in [1.82, 2.24) is 20.1 Å². The smallest absolute Gasteiger partial charge is 0.245 e. The molecule has 0 aliphatic carbocycles. The maximum Gasteiger partial charge on any atom is 0.245 e. The third kappa shape index (κ3) is 3.73. The van der Waals surface area contributed by atoms with Gasteiger partial charge in [0, 0.05) is 32.2 Å². The average Bonchev–Trinajstić information content (AvgIpc) is 2.62. The molecule has 1 atom stereocenters. The van der Waals surface area contributed by atoms with E-state index >= 15 is 0 Å². The van der Waals surface area contributed by atoms with Crippen molar-refractivity contribution < 1.29 is 0 Å². The van der Waals surface area contributed by atoms with Gasteiger partial charge in [0.25, 0.3) is 0 Å². The van der Waals surface area contributed by atoms with Crippen LogP contribution in [0.4, 0.5) is 5.95 Å². The molecule has 1 aromatic heterocycles. The third-order valence-corrected chi connectivity index (χ3v) is 4.72. The van der Waals surface area contributed by atoms with Gasteiger partial charge in [-0.05, 0) is 25.3 Å². The maximum absolute atomic E-state index is 4.78. The molecule has 128 valence electrons. The molecule has 5 nitrogen and oxygen atoms in total. The number of aromatic nitrogens is 3. The standard InChI is InChI=1S/C19H27N5/c1-4-17-18(5-2)21-22-19(20-17)24-12-11-23(13-15(24)3)14-16-9-7-6-8-10-16/h6-10,15H,4-5,11-14H2,1-3H3/t15-/m1/s1. The third-order valence-electron chi connectivity index (χ3n) is 4.72. The first-order valence-electron chi connectivity index (χ1n) is 8.96. The molecular weight excluding hydrogens is 298 g/mol. The molecule has 1 aliphatic rings. The molecule has 0 bridgehead atoms. The van der Waals surface area contributed by atoms with Crippen molar-refractivity contribution in [3.8, 4) is 0 Å². The summed E-state index contributed by atoms with van der Waals surface area (Å²) >= 11 is 0. The number of hydrogen-bond donors (Lipinski definition) is 0. The van der Waals surface area contributed by atoms with Gasteiger partial charge in [-0.1, -0.05) is 44.2 Å². The zero-order valence-electron chi connectivity index (χ0n) is 14.9. The monoisotopic (exact) mass is 325 g/mol. The molecule has 24 heavy (non-hydrogen) atoms. The minimum absolute atomic E-state index is 0.390. The number of rotatable bonds is 5. The largest absolute Gasteiger partial charge is 0.334 e. The number of piperazine rings is 1. The lowest BCUT2D eigenvalue weighted by atomic mass is 10.1. The Morgan fingerprint density at radius 1 is 1.00 bits per heavy atom. The van der Waals surface area contributed by atoms with Crippen LogP contribution in [0.2, 0.25) is 0 Å². The van der Waals surface area contributed by atoms with Gasteiger partial charge in [-0.15, -0.1) is 5.10 Å². The molecule has 1 fully saturated rings. The van der Waals surface area contributed by atoms with Gasteiger partial charge in [0.2, 0.25) is 5.95 Å². The normalized spacial score (nSPS) is 18.8. The molecule has 1 saturated heterocycles. The second-order valence-corrected chi connectivity index (χ2v) is 6.48. The van der Waals surface area contributed by atoms with Gasteiger partial charge in [-0.25, -0.2) is 4.98 Å². The van der Waals surface area contributed by atoms with Gasteiger partial charge in [0.05, 0.1) is 11.4 Å². The van der Waals surface area contributed by atoms with Crippen molar-refractivity contribution in [3.63, 3.8) is 0 Å². The second kappa shape index (κ2) is 7.71. The number of benzene rings is 1. The Morgan fingerprint density at radius 3 is 2.42 bits per heavy atom. The minimum atomic E-state index is 0.390. The van der Waals surface area contributed by atoms with Crippen LogP contribution in [0.5, 0.6) is 0 Å². The predicted octanol–water partition coefficient (Wildman–Crippen LogP) is 2.71. The van der Waals surface area contributed by atoms with E-state index in [0.717, 1.165) is 56.4 Å². The molecule has 0 spiro atoms. The van der Waals surface area contributed by atoms with Gasteiger partial charge in [-0.2, -0.15) is 5.10 Å². The molecule has 1 aromatic carbocycles.